The fourth-order valence-corrected chi connectivity index (χ4v) is 18.3. The molecule has 1 aliphatic heterocycles. The van der Waals surface area contributed by atoms with Gasteiger partial charge >= 0.3 is 29.6 Å². The number of hydrogen-bond acceptors (Lipinski definition) is 4. The molecule has 0 aromatic heterocycles. The van der Waals surface area contributed by atoms with E-state index in [-0.39, 0.29) is 66.6 Å². The van der Waals surface area contributed by atoms with Gasteiger partial charge in [0.1, 0.15) is 9.28 Å². The van der Waals surface area contributed by atoms with Gasteiger partial charge in [0.05, 0.1) is 0 Å². The summed E-state index contributed by atoms with van der Waals surface area (Å²) in [6.45, 7) is 1.72. The molecule has 1 heterocycles. The third-order valence-electron chi connectivity index (χ3n) is 2.92. The average molecular weight is 314 g/mol. The largest absolute Gasteiger partial charge is 1.00 e. The van der Waals surface area contributed by atoms with Gasteiger partial charge in [0, 0.05) is 42.4 Å². The van der Waals surface area contributed by atoms with Gasteiger partial charge in [-0.2, -0.15) is 0 Å². The maximum Gasteiger partial charge on any atom is 1.00 e. The van der Waals surface area contributed by atoms with Crippen molar-refractivity contribution in [1.29, 1.82) is 0 Å². The molecule has 0 bridgehead atoms. The molecule has 0 aromatic rings. The summed E-state index contributed by atoms with van der Waals surface area (Å²) >= 11 is 0. The monoisotopic (exact) mass is 313 g/mol. The fourth-order valence-electron chi connectivity index (χ4n) is 1.96. The smallest absolute Gasteiger partial charge is 0.550 e. The van der Waals surface area contributed by atoms with E-state index in [2.05, 4.69) is 5.32 Å². The van der Waals surface area contributed by atoms with E-state index in [0.29, 0.717) is 6.54 Å². The van der Waals surface area contributed by atoms with Gasteiger partial charge < -0.3 is 19.6 Å². The molecule has 1 rings (SSSR count). The van der Waals surface area contributed by atoms with Crippen molar-refractivity contribution in [2.24, 2.45) is 0 Å². The molecule has 0 aliphatic carbocycles. The van der Waals surface area contributed by atoms with Crippen LogP contribution in [-0.2, 0) is 14.0 Å². The summed E-state index contributed by atoms with van der Waals surface area (Å²) in [7, 11) is -0.333. The van der Waals surface area contributed by atoms with E-state index in [0.717, 1.165) is 13.0 Å². The Kier molecular flexibility index (Phi) is 11.7. The van der Waals surface area contributed by atoms with Gasteiger partial charge in [-0.1, -0.05) is 6.04 Å². The Morgan fingerprint density at radius 2 is 2.17 bits per heavy atom. The van der Waals surface area contributed by atoms with Gasteiger partial charge in [0.2, 0.25) is 5.91 Å². The zero-order valence-corrected chi connectivity index (χ0v) is 17.1. The summed E-state index contributed by atoms with van der Waals surface area (Å²) < 4.78 is 5.60. The second-order valence-corrected chi connectivity index (χ2v) is 21.9. The molecule has 1 aliphatic rings. The van der Waals surface area contributed by atoms with Crippen molar-refractivity contribution in [2.45, 2.75) is 31.4 Å². The van der Waals surface area contributed by atoms with Crippen LogP contribution >= 0.6 is 0 Å². The van der Waals surface area contributed by atoms with Crippen LogP contribution in [0.1, 0.15) is 19.3 Å². The van der Waals surface area contributed by atoms with E-state index in [4.69, 9.17) is 4.43 Å². The van der Waals surface area contributed by atoms with E-state index >= 15 is 0 Å². The summed E-state index contributed by atoms with van der Waals surface area (Å²) in [5, 5.41) is 12.9. The number of carboxylic acid groups (broad SMARTS) is 1. The molecule has 98 valence electrons. The summed E-state index contributed by atoms with van der Waals surface area (Å²) in [5.74, 6) is -1.34. The van der Waals surface area contributed by atoms with Gasteiger partial charge in [-0.15, -0.1) is 0 Å². The van der Waals surface area contributed by atoms with E-state index in [1.54, 1.807) is 0 Å². The normalized spacial score (nSPS) is 21.4. The van der Waals surface area contributed by atoms with Gasteiger partial charge in [-0.3, -0.25) is 4.79 Å². The Balaban J connectivity index is 0.00000289. The number of nitrogens with one attached hydrogen (secondary N) is 1. The number of carbonyl (C=O) groups excluding carboxylic acids is 2. The van der Waals surface area contributed by atoms with Crippen LogP contribution < -0.4 is 40.0 Å². The summed E-state index contributed by atoms with van der Waals surface area (Å²) in [6, 6.07) is 2.68. The first-order valence-electron chi connectivity index (χ1n) is 6.23. The van der Waals surface area contributed by atoms with Crippen molar-refractivity contribution < 1.29 is 48.7 Å². The number of rotatable bonds is 7. The molecule has 9 heteroatoms. The van der Waals surface area contributed by atoms with E-state index in [9.17, 15) is 14.7 Å². The number of aliphatic carboxylic acids is 1. The Labute approximate surface area is 136 Å². The first-order valence-corrected chi connectivity index (χ1v) is 15.2. The van der Waals surface area contributed by atoms with Crippen LogP contribution in [0.5, 0.6) is 0 Å². The Bertz CT molecular complexity index is 264. The predicted molar refractivity (Wildman–Crippen MR) is 71.7 cm³/mol. The maximum atomic E-state index is 11.2. The Hall–Kier alpha value is 0.551. The minimum Gasteiger partial charge on any atom is -0.550 e. The summed E-state index contributed by atoms with van der Waals surface area (Å²) in [5.41, 5.74) is 0. The van der Waals surface area contributed by atoms with Crippen molar-refractivity contribution in [3.63, 3.8) is 0 Å². The third-order valence-corrected chi connectivity index (χ3v) is 20.7. The first kappa shape index (κ1) is 18.6. The minimum atomic E-state index is -1.16. The molecule has 1 amide bonds. The molecule has 1 N–H and O–H groups in total. The van der Waals surface area contributed by atoms with E-state index in [1.165, 1.54) is 12.1 Å². The van der Waals surface area contributed by atoms with Crippen molar-refractivity contribution >= 4 is 38.0 Å². The predicted octanol–water partition coefficient (Wildman–Crippen LogP) is -6.05. The maximum absolute atomic E-state index is 11.2. The van der Waals surface area contributed by atoms with Crippen LogP contribution in [0.4, 0.5) is 0 Å². The molecule has 0 saturated carbocycles. The van der Waals surface area contributed by atoms with Gasteiger partial charge in [-0.25, -0.2) is 0 Å². The molecule has 1 fully saturated rings. The van der Waals surface area contributed by atoms with Gasteiger partial charge in [0.15, 0.2) is 0 Å². The SMILES string of the molecule is O=C([O-])CCC(=O)NCCC[SiH]1[SiH2]CCO[SiH2]1.[Na+]. The standard InChI is InChI=1S/C9H21NO4Si3.Na/c11-8(2-3-9(12)13)10-4-1-7-17-15-6-5-14-16-17;/h17H,1-7,15-16H2,(H,10,11)(H,12,13);/q;+1/p-1. The van der Waals surface area contributed by atoms with Crippen molar-refractivity contribution in [1.82, 2.24) is 5.32 Å². The van der Waals surface area contributed by atoms with Crippen molar-refractivity contribution in [3.05, 3.63) is 0 Å². The second kappa shape index (κ2) is 11.4. The number of amides is 1. The quantitative estimate of drug-likeness (QED) is 0.375. The second-order valence-electron chi connectivity index (χ2n) is 4.45. The topological polar surface area (TPSA) is 78.5 Å². The molecule has 0 radical (unpaired) electrons. The van der Waals surface area contributed by atoms with Crippen LogP contribution in [0, 0.1) is 0 Å². The molecule has 1 saturated heterocycles. The van der Waals surface area contributed by atoms with Crippen LogP contribution in [0.2, 0.25) is 12.1 Å². The van der Waals surface area contributed by atoms with E-state index in [1.807, 2.05) is 0 Å². The third kappa shape index (κ3) is 9.48. The number of hydrogen-bond donors (Lipinski definition) is 1. The molecular formula is C9H20NNaO4Si3. The minimum absolute atomic E-state index is 0. The summed E-state index contributed by atoms with van der Waals surface area (Å²) in [6.07, 6.45) is 0.907. The van der Waals surface area contributed by atoms with Crippen molar-refractivity contribution in [3.8, 4) is 0 Å². The zero-order chi connectivity index (χ0) is 12.5. The number of carbonyl (C=O) groups is 2. The molecule has 5 nitrogen and oxygen atoms in total. The van der Waals surface area contributed by atoms with Crippen LogP contribution in [0.15, 0.2) is 0 Å². The summed E-state index contributed by atoms with van der Waals surface area (Å²) in [4.78, 5) is 21.4. The van der Waals surface area contributed by atoms with Gasteiger partial charge in [0.25, 0.3) is 0 Å². The first-order chi connectivity index (χ1) is 8.18. The van der Waals surface area contributed by atoms with Crippen LogP contribution in [0.3, 0.4) is 0 Å². The van der Waals surface area contributed by atoms with Crippen LogP contribution in [-0.4, -0.2) is 51.2 Å². The molecule has 0 spiro atoms. The molecular weight excluding hydrogens is 293 g/mol. The molecule has 0 aromatic carbocycles. The average Bonchev–Trinajstić information content (AvgIpc) is 2.33. The Morgan fingerprint density at radius 3 is 2.78 bits per heavy atom. The fraction of sp³-hybridized carbons (Fsp3) is 0.778. The van der Waals surface area contributed by atoms with E-state index < -0.39 is 13.8 Å². The molecule has 1 unspecified atom stereocenters. The van der Waals surface area contributed by atoms with Crippen LogP contribution in [0.25, 0.3) is 0 Å². The van der Waals surface area contributed by atoms with Crippen molar-refractivity contribution in [2.75, 3.05) is 13.2 Å². The molecule has 18 heavy (non-hydrogen) atoms. The molecule has 1 atom stereocenters. The van der Waals surface area contributed by atoms with Gasteiger partial charge in [-0.05, 0) is 18.9 Å². The zero-order valence-electron chi connectivity index (χ0n) is 11.1. The number of carboxylic acids is 1. The Morgan fingerprint density at radius 1 is 1.39 bits per heavy atom.